The number of nitrogens with one attached hydrogen (secondary N) is 1. The van der Waals surface area contributed by atoms with Gasteiger partial charge in [-0.05, 0) is 31.9 Å². The third-order valence-corrected chi connectivity index (χ3v) is 3.47. The normalized spacial score (nSPS) is 11.3. The molecular formula is C15H22ClNO. The maximum absolute atomic E-state index is 12.2. The quantitative estimate of drug-likeness (QED) is 0.812. The number of carbonyl (C=O) groups is 1. The zero-order valence-electron chi connectivity index (χ0n) is 11.4. The lowest BCUT2D eigenvalue weighted by molar-refractivity contribution is 0.0895. The van der Waals surface area contributed by atoms with Crippen LogP contribution in [0.3, 0.4) is 0 Å². The van der Waals surface area contributed by atoms with Crippen LogP contribution >= 0.6 is 11.6 Å². The zero-order chi connectivity index (χ0) is 13.6. The summed E-state index contributed by atoms with van der Waals surface area (Å²) >= 11 is 6.04. The van der Waals surface area contributed by atoms with Crippen LogP contribution in [-0.2, 0) is 0 Å². The van der Waals surface area contributed by atoms with Gasteiger partial charge < -0.3 is 5.32 Å². The Labute approximate surface area is 115 Å². The summed E-state index contributed by atoms with van der Waals surface area (Å²) in [6, 6.07) is 7.16. The number of rotatable bonds is 6. The van der Waals surface area contributed by atoms with Crippen LogP contribution in [0.4, 0.5) is 0 Å². The highest BCUT2D eigenvalue weighted by atomic mass is 35.5. The molecule has 0 aromatic heterocycles. The van der Waals surface area contributed by atoms with Gasteiger partial charge in [-0.1, -0.05) is 50.4 Å². The van der Waals surface area contributed by atoms with E-state index in [0.717, 1.165) is 25.7 Å². The first-order valence-corrected chi connectivity index (χ1v) is 6.97. The Morgan fingerprint density at radius 2 is 1.78 bits per heavy atom. The second-order valence-corrected chi connectivity index (χ2v) is 5.40. The summed E-state index contributed by atoms with van der Waals surface area (Å²) in [7, 11) is 0. The van der Waals surface area contributed by atoms with Gasteiger partial charge in [0.05, 0.1) is 10.6 Å². The van der Waals surface area contributed by atoms with E-state index in [1.165, 1.54) is 0 Å². The van der Waals surface area contributed by atoms with Crippen LogP contribution in [0.5, 0.6) is 0 Å². The van der Waals surface area contributed by atoms with E-state index in [1.54, 1.807) is 12.1 Å². The van der Waals surface area contributed by atoms with E-state index in [0.29, 0.717) is 10.6 Å². The van der Waals surface area contributed by atoms with E-state index in [1.807, 2.05) is 12.1 Å². The number of carbonyl (C=O) groups excluding carboxylic acids is 1. The highest BCUT2D eigenvalue weighted by molar-refractivity contribution is 6.33. The van der Waals surface area contributed by atoms with Crippen molar-refractivity contribution >= 4 is 17.5 Å². The lowest BCUT2D eigenvalue weighted by atomic mass is 9.90. The molecule has 0 aliphatic carbocycles. The Hall–Kier alpha value is -1.02. The molecule has 0 radical (unpaired) electrons. The van der Waals surface area contributed by atoms with Crippen LogP contribution < -0.4 is 5.32 Å². The maximum atomic E-state index is 12.2. The molecule has 0 atom stereocenters. The molecule has 18 heavy (non-hydrogen) atoms. The summed E-state index contributed by atoms with van der Waals surface area (Å²) in [5, 5.41) is 3.63. The summed E-state index contributed by atoms with van der Waals surface area (Å²) < 4.78 is 0. The van der Waals surface area contributed by atoms with Crippen molar-refractivity contribution in [2.75, 3.05) is 0 Å². The van der Waals surface area contributed by atoms with Gasteiger partial charge in [-0.3, -0.25) is 4.79 Å². The lowest BCUT2D eigenvalue weighted by Gasteiger charge is -2.30. The summed E-state index contributed by atoms with van der Waals surface area (Å²) in [5.74, 6) is -0.0787. The first-order chi connectivity index (χ1) is 8.52. The van der Waals surface area contributed by atoms with Crippen LogP contribution in [0.15, 0.2) is 24.3 Å². The Morgan fingerprint density at radius 1 is 1.22 bits per heavy atom. The Bertz CT molecular complexity index is 397. The zero-order valence-corrected chi connectivity index (χ0v) is 12.2. The minimum Gasteiger partial charge on any atom is -0.347 e. The van der Waals surface area contributed by atoms with Gasteiger partial charge in [0.2, 0.25) is 0 Å². The van der Waals surface area contributed by atoms with Gasteiger partial charge in [0.25, 0.3) is 5.91 Å². The Balaban J connectivity index is 2.82. The van der Waals surface area contributed by atoms with Gasteiger partial charge in [0, 0.05) is 5.54 Å². The molecule has 0 aliphatic rings. The summed E-state index contributed by atoms with van der Waals surface area (Å²) in [4.78, 5) is 12.2. The van der Waals surface area contributed by atoms with Gasteiger partial charge in [0.1, 0.15) is 0 Å². The number of benzene rings is 1. The molecule has 1 rings (SSSR count). The molecule has 2 nitrogen and oxygen atoms in total. The lowest BCUT2D eigenvalue weighted by Crippen LogP contribution is -2.45. The largest absolute Gasteiger partial charge is 0.347 e. The molecule has 0 heterocycles. The molecule has 0 fully saturated rings. The van der Waals surface area contributed by atoms with Crippen molar-refractivity contribution in [1.29, 1.82) is 0 Å². The molecular weight excluding hydrogens is 246 g/mol. The van der Waals surface area contributed by atoms with Gasteiger partial charge in [-0.25, -0.2) is 0 Å². The molecule has 0 bridgehead atoms. The maximum Gasteiger partial charge on any atom is 0.253 e. The van der Waals surface area contributed by atoms with Crippen LogP contribution in [0, 0.1) is 0 Å². The first kappa shape index (κ1) is 15.0. The molecule has 100 valence electrons. The van der Waals surface area contributed by atoms with Crippen LogP contribution in [0.25, 0.3) is 0 Å². The van der Waals surface area contributed by atoms with Crippen molar-refractivity contribution in [1.82, 2.24) is 5.32 Å². The summed E-state index contributed by atoms with van der Waals surface area (Å²) in [6.07, 6.45) is 4.08. The highest BCUT2D eigenvalue weighted by Crippen LogP contribution is 2.21. The number of hydrogen-bond donors (Lipinski definition) is 1. The minimum atomic E-state index is -0.139. The van der Waals surface area contributed by atoms with Crippen molar-refractivity contribution in [3.05, 3.63) is 34.9 Å². The van der Waals surface area contributed by atoms with Gasteiger partial charge in [0.15, 0.2) is 0 Å². The molecule has 1 amide bonds. The Kier molecular flexibility index (Phi) is 5.67. The average Bonchev–Trinajstić information content (AvgIpc) is 2.29. The molecule has 0 saturated heterocycles. The van der Waals surface area contributed by atoms with E-state index < -0.39 is 0 Å². The molecule has 0 aliphatic heterocycles. The highest BCUT2D eigenvalue weighted by Gasteiger charge is 2.25. The molecule has 1 N–H and O–H groups in total. The Morgan fingerprint density at radius 3 is 2.28 bits per heavy atom. The fourth-order valence-electron chi connectivity index (χ4n) is 2.34. The SMILES string of the molecule is CCCC(C)(CCC)NC(=O)c1ccccc1Cl. The van der Waals surface area contributed by atoms with Crippen molar-refractivity contribution in [2.24, 2.45) is 0 Å². The standard InChI is InChI=1S/C15H22ClNO/c1-4-10-15(3,11-5-2)17-14(18)12-8-6-7-9-13(12)16/h6-9H,4-5,10-11H2,1-3H3,(H,17,18). The van der Waals surface area contributed by atoms with Crippen molar-refractivity contribution in [3.8, 4) is 0 Å². The topological polar surface area (TPSA) is 29.1 Å². The van der Waals surface area contributed by atoms with E-state index in [-0.39, 0.29) is 11.4 Å². The van der Waals surface area contributed by atoms with E-state index in [2.05, 4.69) is 26.1 Å². The monoisotopic (exact) mass is 267 g/mol. The van der Waals surface area contributed by atoms with Crippen molar-refractivity contribution in [3.63, 3.8) is 0 Å². The van der Waals surface area contributed by atoms with Crippen LogP contribution in [0.2, 0.25) is 5.02 Å². The number of amides is 1. The predicted molar refractivity (Wildman–Crippen MR) is 77.1 cm³/mol. The van der Waals surface area contributed by atoms with Crippen molar-refractivity contribution < 1.29 is 4.79 Å². The summed E-state index contributed by atoms with van der Waals surface area (Å²) in [6.45, 7) is 6.37. The van der Waals surface area contributed by atoms with Gasteiger partial charge in [-0.2, -0.15) is 0 Å². The number of halogens is 1. The van der Waals surface area contributed by atoms with E-state index in [4.69, 9.17) is 11.6 Å². The van der Waals surface area contributed by atoms with Crippen LogP contribution in [0.1, 0.15) is 56.8 Å². The van der Waals surface area contributed by atoms with Crippen LogP contribution in [-0.4, -0.2) is 11.4 Å². The predicted octanol–water partition coefficient (Wildman–Crippen LogP) is 4.43. The fourth-order valence-corrected chi connectivity index (χ4v) is 2.56. The van der Waals surface area contributed by atoms with Gasteiger partial charge >= 0.3 is 0 Å². The third-order valence-electron chi connectivity index (χ3n) is 3.14. The fraction of sp³-hybridized carbons (Fsp3) is 0.533. The molecule has 1 aromatic carbocycles. The second-order valence-electron chi connectivity index (χ2n) is 4.99. The van der Waals surface area contributed by atoms with E-state index >= 15 is 0 Å². The molecule has 0 saturated carbocycles. The van der Waals surface area contributed by atoms with Gasteiger partial charge in [-0.15, -0.1) is 0 Å². The molecule has 1 aromatic rings. The average molecular weight is 268 g/mol. The third kappa shape index (κ3) is 4.02. The minimum absolute atomic E-state index is 0.0787. The summed E-state index contributed by atoms with van der Waals surface area (Å²) in [5.41, 5.74) is 0.414. The number of hydrogen-bond acceptors (Lipinski definition) is 1. The first-order valence-electron chi connectivity index (χ1n) is 6.59. The second kappa shape index (κ2) is 6.79. The van der Waals surface area contributed by atoms with Crippen molar-refractivity contribution in [2.45, 2.75) is 52.0 Å². The molecule has 0 spiro atoms. The van der Waals surface area contributed by atoms with E-state index in [9.17, 15) is 4.79 Å². The molecule has 3 heteroatoms. The smallest absolute Gasteiger partial charge is 0.253 e. The molecule has 0 unspecified atom stereocenters.